The molecule has 0 saturated heterocycles. The zero-order valence-electron chi connectivity index (χ0n) is 16.0. The number of hydrogen-bond acceptors (Lipinski definition) is 6. The van der Waals surface area contributed by atoms with Gasteiger partial charge in [0, 0.05) is 18.9 Å². The number of amides is 2. The Morgan fingerprint density at radius 1 is 1.07 bits per heavy atom. The summed E-state index contributed by atoms with van der Waals surface area (Å²) in [4.78, 5) is 25.1. The van der Waals surface area contributed by atoms with Crippen LogP contribution in [0.4, 0.5) is 22.0 Å². The van der Waals surface area contributed by atoms with Crippen LogP contribution in [0.1, 0.15) is 18.5 Å². The van der Waals surface area contributed by atoms with E-state index < -0.39 is 0 Å². The van der Waals surface area contributed by atoms with Gasteiger partial charge in [0.1, 0.15) is 11.3 Å². The smallest absolute Gasteiger partial charge is 0.323 e. The number of anilines is 3. The first kappa shape index (κ1) is 18.4. The molecule has 146 valence electrons. The molecule has 1 aromatic carbocycles. The van der Waals surface area contributed by atoms with Gasteiger partial charge >= 0.3 is 6.03 Å². The Bertz CT molecular complexity index is 1140. The van der Waals surface area contributed by atoms with E-state index in [2.05, 4.69) is 36.0 Å². The highest BCUT2D eigenvalue weighted by Crippen LogP contribution is 2.22. The molecule has 29 heavy (non-hydrogen) atoms. The Morgan fingerprint density at radius 3 is 2.72 bits per heavy atom. The number of aromatic nitrogens is 5. The molecule has 0 aliphatic carbocycles. The van der Waals surface area contributed by atoms with Crippen LogP contribution in [-0.4, -0.2) is 30.8 Å². The van der Waals surface area contributed by atoms with Crippen molar-refractivity contribution in [2.45, 2.75) is 13.0 Å². The van der Waals surface area contributed by atoms with Crippen molar-refractivity contribution >= 4 is 34.4 Å². The third-order valence-electron chi connectivity index (χ3n) is 4.37. The lowest BCUT2D eigenvalue weighted by molar-refractivity contribution is 0.262. The Labute approximate surface area is 167 Å². The van der Waals surface area contributed by atoms with Crippen LogP contribution in [0, 0.1) is 0 Å². The fourth-order valence-electron chi connectivity index (χ4n) is 2.90. The van der Waals surface area contributed by atoms with Crippen molar-refractivity contribution in [1.29, 1.82) is 0 Å². The number of aryl methyl sites for hydroxylation is 1. The van der Waals surface area contributed by atoms with E-state index in [9.17, 15) is 4.79 Å². The van der Waals surface area contributed by atoms with E-state index in [-0.39, 0.29) is 12.1 Å². The topological polar surface area (TPSA) is 110 Å². The van der Waals surface area contributed by atoms with E-state index in [1.165, 1.54) is 0 Å². The van der Waals surface area contributed by atoms with Gasteiger partial charge in [-0.25, -0.2) is 19.4 Å². The third kappa shape index (κ3) is 4.29. The van der Waals surface area contributed by atoms with Gasteiger partial charge in [-0.1, -0.05) is 12.1 Å². The minimum atomic E-state index is -0.330. The van der Waals surface area contributed by atoms with E-state index in [0.717, 1.165) is 11.1 Å². The summed E-state index contributed by atoms with van der Waals surface area (Å²) in [5, 5.41) is 13.1. The molecule has 3 heterocycles. The molecule has 2 amide bonds. The van der Waals surface area contributed by atoms with Gasteiger partial charge < -0.3 is 16.0 Å². The molecule has 0 saturated carbocycles. The minimum absolute atomic E-state index is 0.0434. The van der Waals surface area contributed by atoms with Crippen LogP contribution in [0.5, 0.6) is 0 Å². The van der Waals surface area contributed by atoms with Gasteiger partial charge in [-0.3, -0.25) is 4.98 Å². The number of hydrogen-bond donors (Lipinski definition) is 3. The normalized spacial score (nSPS) is 11.8. The molecule has 0 bridgehead atoms. The molecule has 9 heteroatoms. The summed E-state index contributed by atoms with van der Waals surface area (Å²) in [6, 6.07) is 10.8. The van der Waals surface area contributed by atoms with Crippen molar-refractivity contribution in [2.75, 3.05) is 16.0 Å². The van der Waals surface area contributed by atoms with Crippen LogP contribution in [0.2, 0.25) is 0 Å². The van der Waals surface area contributed by atoms with Gasteiger partial charge in [-0.05, 0) is 36.8 Å². The van der Waals surface area contributed by atoms with Crippen LogP contribution in [0.15, 0.2) is 61.2 Å². The number of carbonyl (C=O) groups is 1. The number of pyridine rings is 1. The fourth-order valence-corrected chi connectivity index (χ4v) is 2.90. The van der Waals surface area contributed by atoms with Crippen LogP contribution >= 0.6 is 0 Å². The average molecular weight is 388 g/mol. The van der Waals surface area contributed by atoms with E-state index in [0.29, 0.717) is 22.8 Å². The third-order valence-corrected chi connectivity index (χ3v) is 4.37. The molecular formula is C20H20N8O. The fraction of sp³-hybridized carbons (Fsp3) is 0.150. The zero-order chi connectivity index (χ0) is 20.2. The second-order valence-electron chi connectivity index (χ2n) is 6.54. The molecule has 0 radical (unpaired) electrons. The average Bonchev–Trinajstić information content (AvgIpc) is 3.09. The zero-order valence-corrected chi connectivity index (χ0v) is 16.0. The maximum absolute atomic E-state index is 12.2. The van der Waals surface area contributed by atoms with Crippen LogP contribution in [0.25, 0.3) is 11.2 Å². The molecule has 3 aromatic heterocycles. The van der Waals surface area contributed by atoms with Gasteiger partial charge in [-0.2, -0.15) is 5.10 Å². The summed E-state index contributed by atoms with van der Waals surface area (Å²) in [6.45, 7) is 2.02. The second-order valence-corrected chi connectivity index (χ2v) is 6.54. The van der Waals surface area contributed by atoms with Crippen molar-refractivity contribution in [1.82, 2.24) is 24.7 Å². The molecule has 0 fully saturated rings. The van der Waals surface area contributed by atoms with Crippen LogP contribution in [0.3, 0.4) is 0 Å². The molecular weight excluding hydrogens is 368 g/mol. The summed E-state index contributed by atoms with van der Waals surface area (Å²) >= 11 is 0. The van der Waals surface area contributed by atoms with Crippen molar-refractivity contribution in [3.8, 4) is 0 Å². The van der Waals surface area contributed by atoms with E-state index in [1.807, 2.05) is 38.2 Å². The van der Waals surface area contributed by atoms with Crippen molar-refractivity contribution in [2.24, 2.45) is 7.05 Å². The monoisotopic (exact) mass is 388 g/mol. The molecule has 0 spiro atoms. The first-order valence-electron chi connectivity index (χ1n) is 9.08. The van der Waals surface area contributed by atoms with Gasteiger partial charge in [-0.15, -0.1) is 0 Å². The maximum atomic E-state index is 12.2. The standard InChI is InChI=1S/C20H20N8O/c1-13(24-18-12-22-17-11-23-28(2)19(17)27-18)14-5-3-6-15(9-14)25-20(29)26-16-7-4-8-21-10-16/h3-13H,1-2H3,(H,24,27)(H2,25,26,29)/t13-/m0/s1. The van der Waals surface area contributed by atoms with Gasteiger partial charge in [0.15, 0.2) is 5.65 Å². The number of urea groups is 1. The Hall–Kier alpha value is -4.01. The number of fused-ring (bicyclic) bond motifs is 1. The first-order valence-corrected chi connectivity index (χ1v) is 9.08. The van der Waals surface area contributed by atoms with E-state index in [4.69, 9.17) is 0 Å². The number of nitrogens with zero attached hydrogens (tertiary/aromatic N) is 5. The summed E-state index contributed by atoms with van der Waals surface area (Å²) in [5.41, 5.74) is 3.77. The molecule has 4 aromatic rings. The number of benzene rings is 1. The molecule has 4 rings (SSSR count). The van der Waals surface area contributed by atoms with Gasteiger partial charge in [0.25, 0.3) is 0 Å². The molecule has 0 unspecified atom stereocenters. The van der Waals surface area contributed by atoms with Crippen molar-refractivity contribution < 1.29 is 4.79 Å². The molecule has 9 nitrogen and oxygen atoms in total. The lowest BCUT2D eigenvalue weighted by Gasteiger charge is -2.16. The molecule has 1 atom stereocenters. The Kier molecular flexibility index (Phi) is 5.02. The quantitative estimate of drug-likeness (QED) is 0.482. The van der Waals surface area contributed by atoms with Gasteiger partial charge in [0.2, 0.25) is 0 Å². The van der Waals surface area contributed by atoms with Crippen LogP contribution < -0.4 is 16.0 Å². The summed E-state index contributed by atoms with van der Waals surface area (Å²) in [5.74, 6) is 0.654. The van der Waals surface area contributed by atoms with E-state index in [1.54, 1.807) is 41.6 Å². The highest BCUT2D eigenvalue weighted by Gasteiger charge is 2.10. The van der Waals surface area contributed by atoms with Crippen molar-refractivity contribution in [3.63, 3.8) is 0 Å². The van der Waals surface area contributed by atoms with Crippen LogP contribution in [-0.2, 0) is 7.05 Å². The predicted octanol–water partition coefficient (Wildman–Crippen LogP) is 3.58. The highest BCUT2D eigenvalue weighted by molar-refractivity contribution is 5.99. The lowest BCUT2D eigenvalue weighted by Crippen LogP contribution is -2.19. The molecule has 3 N–H and O–H groups in total. The largest absolute Gasteiger partial charge is 0.362 e. The minimum Gasteiger partial charge on any atom is -0.362 e. The summed E-state index contributed by atoms with van der Waals surface area (Å²) in [7, 11) is 1.83. The number of carbonyl (C=O) groups excluding carboxylic acids is 1. The number of nitrogens with one attached hydrogen (secondary N) is 3. The maximum Gasteiger partial charge on any atom is 0.323 e. The SMILES string of the molecule is C[C@H](Nc1cnc2cnn(C)c2n1)c1cccc(NC(=O)Nc2cccnc2)c1. The second kappa shape index (κ2) is 7.93. The Morgan fingerprint density at radius 2 is 1.90 bits per heavy atom. The summed E-state index contributed by atoms with van der Waals surface area (Å²) in [6.07, 6.45) is 6.60. The summed E-state index contributed by atoms with van der Waals surface area (Å²) < 4.78 is 1.68. The number of rotatable bonds is 5. The molecule has 0 aliphatic heterocycles. The predicted molar refractivity (Wildman–Crippen MR) is 112 cm³/mol. The first-order chi connectivity index (χ1) is 14.1. The molecule has 0 aliphatic rings. The van der Waals surface area contributed by atoms with Crippen molar-refractivity contribution in [3.05, 3.63) is 66.7 Å². The highest BCUT2D eigenvalue weighted by atomic mass is 16.2. The lowest BCUT2D eigenvalue weighted by atomic mass is 10.1. The Balaban J connectivity index is 1.44. The van der Waals surface area contributed by atoms with Gasteiger partial charge in [0.05, 0.1) is 30.3 Å². The van der Waals surface area contributed by atoms with E-state index >= 15 is 0 Å².